The number of nitrogens with one attached hydrogen (secondary N) is 1. The predicted octanol–water partition coefficient (Wildman–Crippen LogP) is 12.3. The second kappa shape index (κ2) is 13.0. The van der Waals surface area contributed by atoms with Crippen molar-refractivity contribution in [3.8, 4) is 11.1 Å². The third-order valence-corrected chi connectivity index (χ3v) is 10.2. The lowest BCUT2D eigenvalue weighted by molar-refractivity contribution is 0.394. The Morgan fingerprint density at radius 3 is 2.00 bits per heavy atom. The molecule has 3 aliphatic rings. The van der Waals surface area contributed by atoms with Crippen molar-refractivity contribution in [3.63, 3.8) is 0 Å². The van der Waals surface area contributed by atoms with Gasteiger partial charge in [0.1, 0.15) is 0 Å². The summed E-state index contributed by atoms with van der Waals surface area (Å²) in [7, 11) is 0. The largest absolute Gasteiger partial charge is 0.362 e. The van der Waals surface area contributed by atoms with E-state index < -0.39 is 0 Å². The van der Waals surface area contributed by atoms with Crippen molar-refractivity contribution in [2.45, 2.75) is 39.0 Å². The molecule has 4 aromatic carbocycles. The van der Waals surface area contributed by atoms with Crippen molar-refractivity contribution in [3.05, 3.63) is 175 Å². The Hall–Kier alpha value is -5.08. The zero-order valence-corrected chi connectivity index (χ0v) is 27.8. The average Bonchev–Trinajstić information content (AvgIpc) is 3.33. The molecule has 4 atom stereocenters. The van der Waals surface area contributed by atoms with E-state index in [4.69, 9.17) is 0 Å². The van der Waals surface area contributed by atoms with Gasteiger partial charge in [-0.05, 0) is 107 Å². The van der Waals surface area contributed by atoms with E-state index in [0.29, 0.717) is 23.7 Å². The molecule has 0 saturated heterocycles. The van der Waals surface area contributed by atoms with E-state index >= 15 is 0 Å². The highest BCUT2D eigenvalue weighted by atomic mass is 15.1. The highest BCUT2D eigenvalue weighted by Gasteiger charge is 2.44. The molecule has 0 bridgehead atoms. The van der Waals surface area contributed by atoms with Crippen molar-refractivity contribution in [1.82, 2.24) is 0 Å². The quantitative estimate of drug-likeness (QED) is 0.213. The summed E-state index contributed by atoms with van der Waals surface area (Å²) in [6.45, 7) is 9.12. The van der Waals surface area contributed by atoms with Crippen LogP contribution in [0, 0.1) is 17.8 Å². The molecule has 3 aliphatic carbocycles. The van der Waals surface area contributed by atoms with Gasteiger partial charge >= 0.3 is 0 Å². The third-order valence-electron chi connectivity index (χ3n) is 10.2. The molecule has 4 aromatic rings. The van der Waals surface area contributed by atoms with Gasteiger partial charge in [0, 0.05) is 34.6 Å². The number of allylic oxidation sites excluding steroid dienone is 10. The summed E-state index contributed by atoms with van der Waals surface area (Å²) in [5, 5.41) is 3.45. The van der Waals surface area contributed by atoms with E-state index in [-0.39, 0.29) is 5.41 Å². The predicted molar refractivity (Wildman–Crippen MR) is 203 cm³/mol. The summed E-state index contributed by atoms with van der Waals surface area (Å²) in [4.78, 5) is 2.39. The summed E-state index contributed by atoms with van der Waals surface area (Å²) in [6.07, 6.45) is 26.5. The Kier molecular flexibility index (Phi) is 8.43. The van der Waals surface area contributed by atoms with E-state index in [1.165, 1.54) is 33.5 Å². The van der Waals surface area contributed by atoms with Gasteiger partial charge in [-0.1, -0.05) is 130 Å². The SMILES string of the molecule is C/C=C/c1ccc(N(c2ccc(-c3ccc(N/C=C\C4C=CC=CC4C)cc3)cc2)c2ccc3c(c2)C(C)(C)C2C=CC=CC32)cc1. The number of nitrogens with zero attached hydrogens (tertiary/aromatic N) is 1. The van der Waals surface area contributed by atoms with Crippen LogP contribution in [0.5, 0.6) is 0 Å². The number of hydrogen-bond acceptors (Lipinski definition) is 2. The topological polar surface area (TPSA) is 15.3 Å². The van der Waals surface area contributed by atoms with Crippen LogP contribution >= 0.6 is 0 Å². The Balaban J connectivity index is 1.16. The molecule has 0 saturated carbocycles. The fraction of sp³-hybridized carbons (Fsp3) is 0.200. The van der Waals surface area contributed by atoms with Crippen LogP contribution in [0.4, 0.5) is 22.7 Å². The first-order valence-electron chi connectivity index (χ1n) is 16.9. The molecule has 234 valence electrons. The summed E-state index contributed by atoms with van der Waals surface area (Å²) in [6, 6.07) is 33.6. The first-order chi connectivity index (χ1) is 22.9. The van der Waals surface area contributed by atoms with Crippen molar-refractivity contribution in [2.75, 3.05) is 10.2 Å². The maximum atomic E-state index is 3.45. The van der Waals surface area contributed by atoms with E-state index in [1.807, 2.05) is 0 Å². The van der Waals surface area contributed by atoms with Crippen LogP contribution in [0.15, 0.2) is 158 Å². The van der Waals surface area contributed by atoms with Crippen LogP contribution in [-0.2, 0) is 5.41 Å². The smallest absolute Gasteiger partial charge is 0.0464 e. The van der Waals surface area contributed by atoms with Crippen molar-refractivity contribution >= 4 is 28.8 Å². The first kappa shape index (κ1) is 30.6. The fourth-order valence-electron chi connectivity index (χ4n) is 7.47. The lowest BCUT2D eigenvalue weighted by atomic mass is 9.74. The number of fused-ring (bicyclic) bond motifs is 3. The van der Waals surface area contributed by atoms with E-state index in [2.05, 4.69) is 202 Å². The number of benzene rings is 4. The van der Waals surface area contributed by atoms with Gasteiger partial charge in [0.2, 0.25) is 0 Å². The van der Waals surface area contributed by atoms with Crippen LogP contribution in [0.1, 0.15) is 50.3 Å². The standard InChI is InChI=1S/C45H44N2/c1-5-10-33-15-23-38(24-16-33)47(40-27-28-42-41-13-8-9-14-43(41)45(3,4)44(42)31-40)39-25-19-36(20-26-39)35-17-21-37(22-18-35)46-30-29-34-12-7-6-11-32(34)2/h5-32,34,41,43,46H,1-4H3/b10-5+,30-29-. The van der Waals surface area contributed by atoms with Gasteiger partial charge in [0.15, 0.2) is 0 Å². The molecule has 0 fully saturated rings. The van der Waals surface area contributed by atoms with Crippen LogP contribution in [0.25, 0.3) is 17.2 Å². The molecule has 0 radical (unpaired) electrons. The maximum absolute atomic E-state index is 3.45. The van der Waals surface area contributed by atoms with Crippen LogP contribution in [0.3, 0.4) is 0 Å². The number of hydrogen-bond donors (Lipinski definition) is 1. The Labute approximate surface area is 280 Å². The van der Waals surface area contributed by atoms with Gasteiger partial charge in [-0.2, -0.15) is 0 Å². The lowest BCUT2D eigenvalue weighted by Gasteiger charge is -2.30. The molecule has 0 aromatic heterocycles. The lowest BCUT2D eigenvalue weighted by Crippen LogP contribution is -2.24. The van der Waals surface area contributed by atoms with E-state index in [9.17, 15) is 0 Å². The van der Waals surface area contributed by atoms with Crippen LogP contribution < -0.4 is 10.2 Å². The Bertz CT molecular complexity index is 1900. The van der Waals surface area contributed by atoms with E-state index in [0.717, 1.165) is 17.1 Å². The minimum absolute atomic E-state index is 0.0576. The van der Waals surface area contributed by atoms with Gasteiger partial charge in [0.25, 0.3) is 0 Å². The third kappa shape index (κ3) is 6.09. The highest BCUT2D eigenvalue weighted by Crippen LogP contribution is 2.54. The zero-order valence-electron chi connectivity index (χ0n) is 27.8. The second-order valence-electron chi connectivity index (χ2n) is 13.6. The van der Waals surface area contributed by atoms with Crippen molar-refractivity contribution in [1.29, 1.82) is 0 Å². The Morgan fingerprint density at radius 1 is 0.681 bits per heavy atom. The molecule has 0 amide bonds. The van der Waals surface area contributed by atoms with Gasteiger partial charge in [-0.15, -0.1) is 0 Å². The number of rotatable bonds is 8. The summed E-state index contributed by atoms with van der Waals surface area (Å²) in [5.41, 5.74) is 11.1. The molecule has 1 N–H and O–H groups in total. The summed E-state index contributed by atoms with van der Waals surface area (Å²) >= 11 is 0. The first-order valence-corrected chi connectivity index (χ1v) is 16.9. The summed E-state index contributed by atoms with van der Waals surface area (Å²) < 4.78 is 0. The summed E-state index contributed by atoms with van der Waals surface area (Å²) in [5.74, 6) is 1.88. The second-order valence-corrected chi connectivity index (χ2v) is 13.6. The molecule has 4 unspecified atom stereocenters. The molecule has 2 heteroatoms. The normalized spacial score (nSPS) is 22.1. The molecule has 0 spiro atoms. The van der Waals surface area contributed by atoms with Gasteiger partial charge in [-0.25, -0.2) is 0 Å². The minimum Gasteiger partial charge on any atom is -0.362 e. The molecule has 0 heterocycles. The van der Waals surface area contributed by atoms with Crippen molar-refractivity contribution in [2.24, 2.45) is 17.8 Å². The number of anilines is 4. The average molecular weight is 613 g/mol. The van der Waals surface area contributed by atoms with Gasteiger partial charge < -0.3 is 10.2 Å². The molecular weight excluding hydrogens is 569 g/mol. The highest BCUT2D eigenvalue weighted by molar-refractivity contribution is 5.80. The molecule has 2 nitrogen and oxygen atoms in total. The van der Waals surface area contributed by atoms with Crippen LogP contribution in [0.2, 0.25) is 0 Å². The zero-order chi connectivity index (χ0) is 32.4. The van der Waals surface area contributed by atoms with E-state index in [1.54, 1.807) is 0 Å². The molecule has 0 aliphatic heterocycles. The maximum Gasteiger partial charge on any atom is 0.0464 e. The molecule has 47 heavy (non-hydrogen) atoms. The molecule has 7 rings (SSSR count). The van der Waals surface area contributed by atoms with Crippen LogP contribution in [-0.4, -0.2) is 0 Å². The fourth-order valence-corrected chi connectivity index (χ4v) is 7.47. The Morgan fingerprint density at radius 2 is 1.30 bits per heavy atom. The minimum atomic E-state index is 0.0576. The molecular formula is C45H44N2. The monoisotopic (exact) mass is 612 g/mol. The van der Waals surface area contributed by atoms with Crippen molar-refractivity contribution < 1.29 is 0 Å². The van der Waals surface area contributed by atoms with Gasteiger partial charge in [-0.3, -0.25) is 0 Å². The van der Waals surface area contributed by atoms with Gasteiger partial charge in [0.05, 0.1) is 0 Å².